The van der Waals surface area contributed by atoms with Crippen LogP contribution in [0.2, 0.25) is 0 Å². The van der Waals surface area contributed by atoms with Gasteiger partial charge in [0, 0.05) is 0 Å². The van der Waals surface area contributed by atoms with Crippen LogP contribution in [-0.2, 0) is 47.7 Å². The van der Waals surface area contributed by atoms with Crippen molar-refractivity contribution in [2.45, 2.75) is 18.6 Å². The van der Waals surface area contributed by atoms with E-state index in [1.807, 2.05) is 0 Å². The van der Waals surface area contributed by atoms with E-state index in [1.54, 1.807) is 0 Å². The highest BCUT2D eigenvalue weighted by molar-refractivity contribution is 7.87. The Balaban J connectivity index is 1.74. The molecule has 0 aromatic heterocycles. The average Bonchev–Trinajstić information content (AvgIpc) is 2.81. The highest BCUT2D eigenvalue weighted by atomic mass is 32.2. The molecule has 0 saturated carbocycles. The smallest absolute Gasteiger partial charge is 0.317 e. The molecule has 2 unspecified atom stereocenters. The molecule has 120 valence electrons. The first-order valence-electron chi connectivity index (χ1n) is 5.78. The maximum atomic E-state index is 11.4. The zero-order chi connectivity index (χ0) is 15.7. The summed E-state index contributed by atoms with van der Waals surface area (Å²) in [7, 11) is -7.36. The molecule has 0 amide bonds. The molecule has 2 heterocycles. The maximum absolute atomic E-state index is 11.4. The fourth-order valence-electron chi connectivity index (χ4n) is 1.72. The Labute approximate surface area is 120 Å². The van der Waals surface area contributed by atoms with Crippen LogP contribution < -0.4 is 0 Å². The summed E-state index contributed by atoms with van der Waals surface area (Å²) in [6.07, 6.45) is -2.69. The summed E-state index contributed by atoms with van der Waals surface area (Å²) in [6, 6.07) is 0. The summed E-state index contributed by atoms with van der Waals surface area (Å²) in [5.41, 5.74) is 0. The van der Waals surface area contributed by atoms with Gasteiger partial charge in [-0.05, 0) is 0 Å². The molecule has 2 aliphatic heterocycles. The largest absolute Gasteiger partial charge is 0.458 e. The lowest BCUT2D eigenvalue weighted by molar-refractivity contribution is -0.159. The molecule has 2 rings (SSSR count). The van der Waals surface area contributed by atoms with Gasteiger partial charge in [-0.15, -0.1) is 0 Å². The van der Waals surface area contributed by atoms with Crippen molar-refractivity contribution >= 4 is 32.2 Å². The zero-order valence-corrected chi connectivity index (χ0v) is 12.2. The predicted molar refractivity (Wildman–Crippen MR) is 63.9 cm³/mol. The first-order valence-corrected chi connectivity index (χ1v) is 8.94. The number of hydrogen-bond donors (Lipinski definition) is 0. The zero-order valence-electron chi connectivity index (χ0n) is 10.6. The van der Waals surface area contributed by atoms with E-state index in [9.17, 15) is 26.4 Å². The number of carbonyl (C=O) groups excluding carboxylic acids is 2. The highest BCUT2D eigenvalue weighted by Gasteiger charge is 2.34. The lowest BCUT2D eigenvalue weighted by atomic mass is 10.4. The minimum atomic E-state index is -3.68. The van der Waals surface area contributed by atoms with E-state index in [-0.39, 0.29) is 13.2 Å². The van der Waals surface area contributed by atoms with Crippen molar-refractivity contribution in [3.05, 3.63) is 0 Å². The SMILES string of the molecule is O=C(CC(=O)OC1COS(=O)(=O)C1)OC1COS(=O)(=O)C1. The second-order valence-corrected chi connectivity index (χ2v) is 7.79. The summed E-state index contributed by atoms with van der Waals surface area (Å²) >= 11 is 0. The molecule has 21 heavy (non-hydrogen) atoms. The van der Waals surface area contributed by atoms with Crippen molar-refractivity contribution in [3.63, 3.8) is 0 Å². The lowest BCUT2D eigenvalue weighted by Crippen LogP contribution is -2.27. The molecular weight excluding hydrogens is 332 g/mol. The Bertz CT molecular complexity index is 577. The summed E-state index contributed by atoms with van der Waals surface area (Å²) in [5.74, 6) is -2.90. The lowest BCUT2D eigenvalue weighted by Gasteiger charge is -2.10. The molecular formula is C9H12O10S2. The molecule has 0 radical (unpaired) electrons. The van der Waals surface area contributed by atoms with Gasteiger partial charge >= 0.3 is 11.9 Å². The van der Waals surface area contributed by atoms with Gasteiger partial charge in [-0.3, -0.25) is 18.0 Å². The topological polar surface area (TPSA) is 139 Å². The van der Waals surface area contributed by atoms with Gasteiger partial charge in [0.15, 0.2) is 0 Å². The summed E-state index contributed by atoms with van der Waals surface area (Å²) in [4.78, 5) is 22.8. The normalized spacial score (nSPS) is 29.9. The van der Waals surface area contributed by atoms with Crippen LogP contribution in [0, 0.1) is 0 Å². The van der Waals surface area contributed by atoms with Crippen molar-refractivity contribution in [2.75, 3.05) is 24.7 Å². The predicted octanol–water partition coefficient (Wildman–Crippen LogP) is -2.08. The first-order chi connectivity index (χ1) is 9.65. The van der Waals surface area contributed by atoms with Crippen molar-refractivity contribution in [2.24, 2.45) is 0 Å². The van der Waals surface area contributed by atoms with Gasteiger partial charge in [-0.1, -0.05) is 0 Å². The van der Waals surface area contributed by atoms with Crippen LogP contribution in [0.25, 0.3) is 0 Å². The van der Waals surface area contributed by atoms with E-state index in [0.29, 0.717) is 0 Å². The Morgan fingerprint density at radius 2 is 1.24 bits per heavy atom. The molecule has 2 fully saturated rings. The molecule has 2 atom stereocenters. The van der Waals surface area contributed by atoms with E-state index < -0.39 is 62.3 Å². The van der Waals surface area contributed by atoms with E-state index in [0.717, 1.165) is 0 Å². The second kappa shape index (κ2) is 5.87. The van der Waals surface area contributed by atoms with Crippen LogP contribution in [-0.4, -0.2) is 65.7 Å². The maximum Gasteiger partial charge on any atom is 0.317 e. The van der Waals surface area contributed by atoms with Crippen LogP contribution in [0.15, 0.2) is 0 Å². The fourth-order valence-corrected chi connectivity index (χ4v) is 3.87. The molecule has 10 nitrogen and oxygen atoms in total. The van der Waals surface area contributed by atoms with Gasteiger partial charge < -0.3 is 9.47 Å². The van der Waals surface area contributed by atoms with E-state index in [4.69, 9.17) is 9.47 Å². The Morgan fingerprint density at radius 3 is 1.52 bits per heavy atom. The van der Waals surface area contributed by atoms with Crippen molar-refractivity contribution < 1.29 is 44.3 Å². The van der Waals surface area contributed by atoms with Crippen LogP contribution in [0.1, 0.15) is 6.42 Å². The molecule has 2 saturated heterocycles. The van der Waals surface area contributed by atoms with Gasteiger partial charge in [0.05, 0.1) is 0 Å². The fraction of sp³-hybridized carbons (Fsp3) is 0.778. The van der Waals surface area contributed by atoms with E-state index in [1.165, 1.54) is 0 Å². The van der Waals surface area contributed by atoms with Crippen molar-refractivity contribution in [3.8, 4) is 0 Å². The minimum absolute atomic E-state index is 0.294. The molecule has 0 aromatic carbocycles. The Kier molecular flexibility index (Phi) is 4.51. The van der Waals surface area contributed by atoms with Gasteiger partial charge in [0.25, 0.3) is 20.2 Å². The number of rotatable bonds is 4. The van der Waals surface area contributed by atoms with Gasteiger partial charge in [-0.2, -0.15) is 16.8 Å². The third-order valence-corrected chi connectivity index (χ3v) is 5.08. The molecule has 0 spiro atoms. The molecule has 0 aromatic rings. The quantitative estimate of drug-likeness (QED) is 0.317. The molecule has 0 N–H and O–H groups in total. The summed E-state index contributed by atoms with van der Waals surface area (Å²) < 4.78 is 62.1. The first kappa shape index (κ1) is 16.1. The molecule has 0 aliphatic carbocycles. The Hall–Kier alpha value is -1.24. The Morgan fingerprint density at radius 1 is 0.857 bits per heavy atom. The minimum Gasteiger partial charge on any atom is -0.458 e. The van der Waals surface area contributed by atoms with Gasteiger partial charge in [0.1, 0.15) is 43.3 Å². The van der Waals surface area contributed by atoms with Crippen molar-refractivity contribution in [1.29, 1.82) is 0 Å². The van der Waals surface area contributed by atoms with Gasteiger partial charge in [-0.25, -0.2) is 0 Å². The van der Waals surface area contributed by atoms with Crippen LogP contribution in [0.5, 0.6) is 0 Å². The molecule has 2 aliphatic rings. The van der Waals surface area contributed by atoms with Crippen LogP contribution >= 0.6 is 0 Å². The third kappa shape index (κ3) is 4.91. The van der Waals surface area contributed by atoms with E-state index >= 15 is 0 Å². The number of hydrogen-bond acceptors (Lipinski definition) is 10. The number of esters is 2. The van der Waals surface area contributed by atoms with Crippen LogP contribution in [0.3, 0.4) is 0 Å². The molecule has 0 bridgehead atoms. The van der Waals surface area contributed by atoms with E-state index in [2.05, 4.69) is 8.37 Å². The number of carbonyl (C=O) groups is 2. The average molecular weight is 344 g/mol. The highest BCUT2D eigenvalue weighted by Crippen LogP contribution is 2.14. The standard InChI is InChI=1S/C9H12O10S2/c10-8(18-6-2-16-20(12,13)4-6)1-9(11)19-7-3-17-21(14,15)5-7/h6-7H,1-5H2. The van der Waals surface area contributed by atoms with Crippen LogP contribution in [0.4, 0.5) is 0 Å². The number of ether oxygens (including phenoxy) is 2. The van der Waals surface area contributed by atoms with Crippen molar-refractivity contribution in [1.82, 2.24) is 0 Å². The summed E-state index contributed by atoms with van der Waals surface area (Å²) in [5, 5.41) is 0. The second-order valence-electron chi connectivity index (χ2n) is 4.42. The van der Waals surface area contributed by atoms with Gasteiger partial charge in [0.2, 0.25) is 0 Å². The molecule has 12 heteroatoms. The monoisotopic (exact) mass is 344 g/mol. The third-order valence-electron chi connectivity index (χ3n) is 2.53. The summed E-state index contributed by atoms with van der Waals surface area (Å²) in [6.45, 7) is -0.588.